The second-order valence-corrected chi connectivity index (χ2v) is 16.0. The quantitative estimate of drug-likeness (QED) is 0.0539. The zero-order valence-corrected chi connectivity index (χ0v) is 37.1. The normalized spacial score (nSPS) is 17.6. The maximum absolute atomic E-state index is 14.2. The van der Waals surface area contributed by atoms with Crippen LogP contribution in [0.3, 0.4) is 0 Å². The van der Waals surface area contributed by atoms with E-state index in [9.17, 15) is 24.0 Å². The standard InChI is InChI=1S/C45H59N9O7.CH3NO/c1-29(46-3)39(55)51-33(44(58)53-25-15-23-35(53)42-48-27-37(60-42)31-17-9-7-10-18-31)21-13-5-6-14-22-34(52-40(56)30(2)47-4)45(59)54-26-16-24-36(54)43-49-28-38(61-43)41(57)50-32-19-11-8-12-20-32;2-1-3/h7-12,17-20,27-30,33-36,46-47H,5-6,13-16,21-26H2,1-4H3,(H,50,57)(H,51,55)(H,52,56);1H,(H2,2,3)/t29-,30-,33?,34?,35?,36?;/m0./s1. The lowest BCUT2D eigenvalue weighted by Gasteiger charge is -2.29. The second-order valence-electron chi connectivity index (χ2n) is 16.0. The van der Waals surface area contributed by atoms with E-state index in [1.165, 1.54) is 6.20 Å². The van der Waals surface area contributed by atoms with E-state index in [4.69, 9.17) is 13.6 Å². The van der Waals surface area contributed by atoms with Gasteiger partial charge in [0, 0.05) is 24.3 Å². The van der Waals surface area contributed by atoms with Crippen LogP contribution in [-0.2, 0) is 24.0 Å². The second kappa shape index (κ2) is 24.4. The van der Waals surface area contributed by atoms with Crippen LogP contribution in [0.4, 0.5) is 5.69 Å². The number of nitrogens with two attached hydrogens (primary N) is 1. The van der Waals surface area contributed by atoms with Crippen molar-refractivity contribution in [1.82, 2.24) is 41.0 Å². The molecule has 6 amide bonds. The Balaban J connectivity index is 0.00000250. The van der Waals surface area contributed by atoms with Crippen molar-refractivity contribution in [1.29, 1.82) is 0 Å². The average Bonchev–Trinajstić information content (AvgIpc) is 4.16. The van der Waals surface area contributed by atoms with Gasteiger partial charge in [-0.15, -0.1) is 0 Å². The summed E-state index contributed by atoms with van der Waals surface area (Å²) in [5.74, 6) is 0.0373. The van der Waals surface area contributed by atoms with E-state index in [0.29, 0.717) is 75.4 Å². The summed E-state index contributed by atoms with van der Waals surface area (Å²) in [4.78, 5) is 88.4. The number of hydrogen-bond acceptors (Lipinski definition) is 12. The Hall–Kier alpha value is -6.40. The summed E-state index contributed by atoms with van der Waals surface area (Å²) in [6, 6.07) is 15.4. The van der Waals surface area contributed by atoms with Crippen LogP contribution < -0.4 is 32.3 Å². The average molecular weight is 883 g/mol. The van der Waals surface area contributed by atoms with Crippen LogP contribution in [0, 0.1) is 0 Å². The van der Waals surface area contributed by atoms with E-state index in [-0.39, 0.29) is 47.7 Å². The molecule has 18 nitrogen and oxygen atoms in total. The fraction of sp³-hybridized carbons (Fsp3) is 0.478. The van der Waals surface area contributed by atoms with Crippen molar-refractivity contribution >= 4 is 41.6 Å². The predicted molar refractivity (Wildman–Crippen MR) is 239 cm³/mol. The Morgan fingerprint density at radius 1 is 0.719 bits per heavy atom. The van der Waals surface area contributed by atoms with Gasteiger partial charge in [0.2, 0.25) is 47.6 Å². The molecule has 0 spiro atoms. The van der Waals surface area contributed by atoms with E-state index in [2.05, 4.69) is 42.3 Å². The van der Waals surface area contributed by atoms with Gasteiger partial charge in [0.05, 0.1) is 24.5 Å². The van der Waals surface area contributed by atoms with Crippen LogP contribution >= 0.6 is 0 Å². The number of oxazole rings is 2. The predicted octanol–water partition coefficient (Wildman–Crippen LogP) is 4.24. The summed E-state index contributed by atoms with van der Waals surface area (Å²) in [5, 5.41) is 14.6. The lowest BCUT2D eigenvalue weighted by molar-refractivity contribution is -0.138. The van der Waals surface area contributed by atoms with Gasteiger partial charge in [0.15, 0.2) is 5.76 Å². The van der Waals surface area contributed by atoms with Gasteiger partial charge in [0.25, 0.3) is 5.91 Å². The maximum atomic E-state index is 14.2. The van der Waals surface area contributed by atoms with Gasteiger partial charge in [0.1, 0.15) is 24.2 Å². The summed E-state index contributed by atoms with van der Waals surface area (Å²) in [6.45, 7) is 4.47. The van der Waals surface area contributed by atoms with Crippen molar-refractivity contribution < 1.29 is 37.6 Å². The molecule has 18 heteroatoms. The van der Waals surface area contributed by atoms with E-state index in [1.54, 1.807) is 56.1 Å². The van der Waals surface area contributed by atoms with E-state index >= 15 is 0 Å². The molecule has 0 bridgehead atoms. The van der Waals surface area contributed by atoms with Crippen LogP contribution in [0.2, 0.25) is 0 Å². The summed E-state index contributed by atoms with van der Waals surface area (Å²) in [7, 11) is 3.39. The highest BCUT2D eigenvalue weighted by atomic mass is 16.4. The fourth-order valence-electron chi connectivity index (χ4n) is 7.83. The zero-order valence-electron chi connectivity index (χ0n) is 37.1. The van der Waals surface area contributed by atoms with Crippen molar-refractivity contribution in [3.8, 4) is 11.3 Å². The monoisotopic (exact) mass is 882 g/mol. The van der Waals surface area contributed by atoms with Crippen LogP contribution in [0.25, 0.3) is 11.3 Å². The molecule has 6 atom stereocenters. The number of rotatable bonds is 20. The van der Waals surface area contributed by atoms with E-state index < -0.39 is 36.1 Å². The summed E-state index contributed by atoms with van der Waals surface area (Å²) in [6.07, 6.45) is 9.72. The Morgan fingerprint density at radius 2 is 1.19 bits per heavy atom. The molecular weight excluding hydrogens is 821 g/mol. The van der Waals surface area contributed by atoms with E-state index in [1.807, 2.05) is 48.5 Å². The Morgan fingerprint density at radius 3 is 1.69 bits per heavy atom. The summed E-state index contributed by atoms with van der Waals surface area (Å²) >= 11 is 0. The smallest absolute Gasteiger partial charge is 0.293 e. The van der Waals surface area contributed by atoms with Gasteiger partial charge in [-0.3, -0.25) is 28.8 Å². The number of likely N-dealkylation sites (N-methyl/N-ethyl adjacent to an activating group) is 2. The minimum Gasteiger partial charge on any atom is -0.438 e. The number of para-hydroxylation sites is 1. The molecule has 2 aliphatic rings. The first kappa shape index (κ1) is 48.6. The highest BCUT2D eigenvalue weighted by Gasteiger charge is 2.39. The first-order valence-corrected chi connectivity index (χ1v) is 22.0. The molecule has 2 aromatic carbocycles. The van der Waals surface area contributed by atoms with Crippen LogP contribution in [0.15, 0.2) is 81.9 Å². The fourth-order valence-corrected chi connectivity index (χ4v) is 7.83. The number of amides is 6. The molecule has 4 aromatic rings. The number of primary amides is 1. The Bertz CT molecular complexity index is 2130. The molecule has 0 aliphatic carbocycles. The third-order valence-corrected chi connectivity index (χ3v) is 11.6. The van der Waals surface area contributed by atoms with Crippen molar-refractivity contribution in [3.63, 3.8) is 0 Å². The number of nitrogens with one attached hydrogen (secondary N) is 5. The molecular formula is C46H62N10O8. The van der Waals surface area contributed by atoms with Gasteiger partial charge in [-0.05, 0) is 78.6 Å². The van der Waals surface area contributed by atoms with Crippen LogP contribution in [-0.4, -0.2) is 107 Å². The van der Waals surface area contributed by atoms with Crippen molar-refractivity contribution in [3.05, 3.63) is 90.6 Å². The van der Waals surface area contributed by atoms with E-state index in [0.717, 1.165) is 24.8 Å². The molecule has 344 valence electrons. The number of benzene rings is 2. The molecule has 2 aromatic heterocycles. The number of unbranched alkanes of at least 4 members (excludes halogenated alkanes) is 3. The van der Waals surface area contributed by atoms with Crippen LogP contribution in [0.5, 0.6) is 0 Å². The summed E-state index contributed by atoms with van der Waals surface area (Å²) < 4.78 is 12.1. The number of carbonyl (C=O) groups excluding carboxylic acids is 6. The molecule has 2 aliphatic heterocycles. The molecule has 7 N–H and O–H groups in total. The van der Waals surface area contributed by atoms with Gasteiger partial charge in [-0.25, -0.2) is 9.97 Å². The van der Waals surface area contributed by atoms with Gasteiger partial charge in [-0.2, -0.15) is 0 Å². The van der Waals surface area contributed by atoms with Crippen molar-refractivity contribution in [2.45, 2.75) is 114 Å². The molecule has 4 heterocycles. The number of anilines is 1. The van der Waals surface area contributed by atoms with Crippen molar-refractivity contribution in [2.75, 3.05) is 32.5 Å². The molecule has 0 radical (unpaired) electrons. The molecule has 0 saturated carbocycles. The largest absolute Gasteiger partial charge is 0.438 e. The van der Waals surface area contributed by atoms with Crippen LogP contribution in [0.1, 0.15) is 112 Å². The lowest BCUT2D eigenvalue weighted by atomic mass is 10.0. The lowest BCUT2D eigenvalue weighted by Crippen LogP contribution is -2.52. The zero-order chi connectivity index (χ0) is 46.0. The Kier molecular flexibility index (Phi) is 18.6. The number of nitrogens with zero attached hydrogens (tertiary/aromatic N) is 4. The topological polar surface area (TPSA) is 247 Å². The first-order chi connectivity index (χ1) is 31.0. The molecule has 2 saturated heterocycles. The third-order valence-electron chi connectivity index (χ3n) is 11.6. The highest BCUT2D eigenvalue weighted by molar-refractivity contribution is 6.02. The molecule has 6 rings (SSSR count). The SMILES string of the molecule is CN[C@@H](C)C(=O)NC(CCCCCCC(NC(=O)[C@H](C)NC)C(=O)N1CCCC1c1ncc(-c2ccccc2)o1)C(=O)N1CCCC1c1ncc(C(=O)Nc2ccccc2)o1.NC=O. The van der Waals surface area contributed by atoms with Gasteiger partial charge in [-0.1, -0.05) is 74.2 Å². The minimum atomic E-state index is -0.791. The molecule has 64 heavy (non-hydrogen) atoms. The first-order valence-electron chi connectivity index (χ1n) is 22.0. The number of hydrogen-bond donors (Lipinski definition) is 6. The van der Waals surface area contributed by atoms with Gasteiger partial charge < -0.3 is 51.0 Å². The minimum absolute atomic E-state index is 0.0399. The maximum Gasteiger partial charge on any atom is 0.293 e. The molecule has 4 unspecified atom stereocenters. The number of carbonyl (C=O) groups is 6. The van der Waals surface area contributed by atoms with Gasteiger partial charge >= 0.3 is 0 Å². The summed E-state index contributed by atoms with van der Waals surface area (Å²) in [5.41, 5.74) is 5.69. The number of likely N-dealkylation sites (tertiary alicyclic amines) is 2. The highest BCUT2D eigenvalue weighted by Crippen LogP contribution is 2.35. The third kappa shape index (κ3) is 13.1. The Labute approximate surface area is 373 Å². The van der Waals surface area contributed by atoms with Crippen molar-refractivity contribution in [2.24, 2.45) is 5.73 Å². The molecule has 2 fully saturated rings. The number of aromatic nitrogens is 2.